The second-order valence-corrected chi connectivity index (χ2v) is 7.31. The van der Waals surface area contributed by atoms with Crippen LogP contribution in [0, 0.1) is 0 Å². The first-order valence-corrected chi connectivity index (χ1v) is 7.91. The lowest BCUT2D eigenvalue weighted by Gasteiger charge is -2.32. The summed E-state index contributed by atoms with van der Waals surface area (Å²) in [7, 11) is -0.430. The highest BCUT2D eigenvalue weighted by Gasteiger charge is 2.52. The molecule has 21 heavy (non-hydrogen) atoms. The maximum Gasteiger partial charge on any atom is 0.498 e. The number of aromatic nitrogens is 1. The van der Waals surface area contributed by atoms with Crippen LogP contribution in [0.4, 0.5) is 5.69 Å². The summed E-state index contributed by atoms with van der Waals surface area (Å²) >= 11 is 0. The average molecular weight is 288 g/mol. The van der Waals surface area contributed by atoms with Gasteiger partial charge >= 0.3 is 7.12 Å². The molecule has 4 nitrogen and oxygen atoms in total. The fourth-order valence-electron chi connectivity index (χ4n) is 3.11. The van der Waals surface area contributed by atoms with Crippen LogP contribution in [0.15, 0.2) is 12.3 Å². The first-order chi connectivity index (χ1) is 9.80. The molecular formula is C16H25BN2O2. The molecule has 1 aliphatic heterocycles. The number of hydrogen-bond donors (Lipinski definition) is 1. The molecule has 2 aliphatic rings. The highest BCUT2D eigenvalue weighted by molar-refractivity contribution is 6.63. The van der Waals surface area contributed by atoms with E-state index in [1.807, 2.05) is 40.0 Å². The van der Waals surface area contributed by atoms with Crippen molar-refractivity contribution < 1.29 is 9.31 Å². The standard InChI is InChI=1S/C16H25BN2O2/c1-15(2)16(3,4)21-17(20-15)12-10-19-14(9-13(12)18)11-7-5-6-8-11/h9-11H,5-8H2,1-4H3,(H2,18,19). The van der Waals surface area contributed by atoms with Crippen LogP contribution in [-0.4, -0.2) is 23.3 Å². The lowest BCUT2D eigenvalue weighted by atomic mass is 9.78. The van der Waals surface area contributed by atoms with Gasteiger partial charge in [0.15, 0.2) is 0 Å². The van der Waals surface area contributed by atoms with Gasteiger partial charge in [0, 0.05) is 29.0 Å². The number of nitrogen functional groups attached to an aromatic ring is 1. The molecule has 2 N–H and O–H groups in total. The molecule has 0 unspecified atom stereocenters. The molecule has 1 aromatic heterocycles. The van der Waals surface area contributed by atoms with E-state index < -0.39 is 7.12 Å². The predicted molar refractivity (Wildman–Crippen MR) is 85.6 cm³/mol. The molecular weight excluding hydrogens is 263 g/mol. The number of hydrogen-bond acceptors (Lipinski definition) is 4. The van der Waals surface area contributed by atoms with Crippen molar-refractivity contribution in [3.8, 4) is 0 Å². The molecule has 0 atom stereocenters. The van der Waals surface area contributed by atoms with Crippen molar-refractivity contribution in [1.82, 2.24) is 4.98 Å². The van der Waals surface area contributed by atoms with Crippen LogP contribution in [-0.2, 0) is 9.31 Å². The average Bonchev–Trinajstić information content (AvgIpc) is 2.96. The lowest BCUT2D eigenvalue weighted by molar-refractivity contribution is 0.00578. The first-order valence-electron chi connectivity index (χ1n) is 7.91. The van der Waals surface area contributed by atoms with Crippen molar-refractivity contribution in [3.05, 3.63) is 18.0 Å². The largest absolute Gasteiger partial charge is 0.498 e. The van der Waals surface area contributed by atoms with E-state index >= 15 is 0 Å². The van der Waals surface area contributed by atoms with Gasteiger partial charge in [-0.3, -0.25) is 4.98 Å². The van der Waals surface area contributed by atoms with Crippen molar-refractivity contribution in [2.24, 2.45) is 0 Å². The van der Waals surface area contributed by atoms with Crippen LogP contribution >= 0.6 is 0 Å². The number of nitrogens with two attached hydrogens (primary N) is 1. The number of rotatable bonds is 2. The first kappa shape index (κ1) is 14.9. The van der Waals surface area contributed by atoms with Crippen LogP contribution in [0.5, 0.6) is 0 Å². The predicted octanol–water partition coefficient (Wildman–Crippen LogP) is 2.62. The van der Waals surface area contributed by atoms with E-state index in [0.29, 0.717) is 5.92 Å². The van der Waals surface area contributed by atoms with Gasteiger partial charge in [0.2, 0.25) is 0 Å². The molecule has 2 fully saturated rings. The van der Waals surface area contributed by atoms with Gasteiger partial charge in [-0.1, -0.05) is 12.8 Å². The quantitative estimate of drug-likeness (QED) is 0.850. The number of nitrogens with zero attached hydrogens (tertiary/aromatic N) is 1. The highest BCUT2D eigenvalue weighted by atomic mass is 16.7. The maximum absolute atomic E-state index is 6.25. The van der Waals surface area contributed by atoms with E-state index in [1.165, 1.54) is 25.7 Å². The Labute approximate surface area is 127 Å². The van der Waals surface area contributed by atoms with Gasteiger partial charge in [-0.05, 0) is 46.6 Å². The minimum absolute atomic E-state index is 0.353. The third-order valence-electron chi connectivity index (χ3n) is 5.27. The SMILES string of the molecule is CC1(C)OB(c2cnc(C3CCCC3)cc2N)OC1(C)C. The van der Waals surface area contributed by atoms with Crippen molar-refractivity contribution in [2.45, 2.75) is 70.5 Å². The van der Waals surface area contributed by atoms with Crippen molar-refractivity contribution >= 4 is 18.3 Å². The van der Waals surface area contributed by atoms with Gasteiger partial charge < -0.3 is 15.0 Å². The van der Waals surface area contributed by atoms with E-state index in [1.54, 1.807) is 0 Å². The Morgan fingerprint density at radius 1 is 1.14 bits per heavy atom. The Bertz CT molecular complexity index is 523. The summed E-state index contributed by atoms with van der Waals surface area (Å²) in [6.45, 7) is 8.18. The highest BCUT2D eigenvalue weighted by Crippen LogP contribution is 2.37. The summed E-state index contributed by atoms with van der Waals surface area (Å²) in [6.07, 6.45) is 6.88. The van der Waals surface area contributed by atoms with E-state index in [4.69, 9.17) is 15.0 Å². The van der Waals surface area contributed by atoms with Crippen molar-refractivity contribution in [3.63, 3.8) is 0 Å². The lowest BCUT2D eigenvalue weighted by Crippen LogP contribution is -2.41. The van der Waals surface area contributed by atoms with E-state index in [0.717, 1.165) is 16.8 Å². The molecule has 1 aliphatic carbocycles. The van der Waals surface area contributed by atoms with Crippen LogP contribution < -0.4 is 11.2 Å². The van der Waals surface area contributed by atoms with Gasteiger partial charge in [0.25, 0.3) is 0 Å². The van der Waals surface area contributed by atoms with Crippen LogP contribution in [0.25, 0.3) is 0 Å². The topological polar surface area (TPSA) is 57.4 Å². The smallest absolute Gasteiger partial charge is 0.399 e. The molecule has 0 spiro atoms. The second kappa shape index (κ2) is 4.99. The minimum Gasteiger partial charge on any atom is -0.399 e. The molecule has 0 aromatic carbocycles. The Morgan fingerprint density at radius 3 is 2.24 bits per heavy atom. The molecule has 1 saturated carbocycles. The van der Waals surface area contributed by atoms with E-state index in [2.05, 4.69) is 4.98 Å². The molecule has 0 radical (unpaired) electrons. The molecule has 0 bridgehead atoms. The van der Waals surface area contributed by atoms with Crippen LogP contribution in [0.1, 0.15) is 65.0 Å². The van der Waals surface area contributed by atoms with Crippen molar-refractivity contribution in [1.29, 1.82) is 0 Å². The summed E-state index contributed by atoms with van der Waals surface area (Å²) in [6, 6.07) is 2.01. The molecule has 2 heterocycles. The molecule has 1 aromatic rings. The van der Waals surface area contributed by atoms with Gasteiger partial charge in [-0.25, -0.2) is 0 Å². The summed E-state index contributed by atoms with van der Waals surface area (Å²) in [5.74, 6) is 0.569. The fourth-order valence-corrected chi connectivity index (χ4v) is 3.11. The van der Waals surface area contributed by atoms with E-state index in [-0.39, 0.29) is 11.2 Å². The Kier molecular flexibility index (Phi) is 3.53. The zero-order chi connectivity index (χ0) is 15.3. The minimum atomic E-state index is -0.430. The normalized spacial score (nSPS) is 24.7. The molecule has 0 amide bonds. The summed E-state index contributed by atoms with van der Waals surface area (Å²) in [5, 5.41) is 0. The third kappa shape index (κ3) is 2.57. The summed E-state index contributed by atoms with van der Waals surface area (Å²) in [5.41, 5.74) is 8.23. The van der Waals surface area contributed by atoms with Gasteiger partial charge in [-0.15, -0.1) is 0 Å². The second-order valence-electron chi connectivity index (χ2n) is 7.31. The fraction of sp³-hybridized carbons (Fsp3) is 0.688. The Balaban J connectivity index is 1.84. The third-order valence-corrected chi connectivity index (χ3v) is 5.27. The van der Waals surface area contributed by atoms with Crippen LogP contribution in [0.3, 0.4) is 0 Å². The summed E-state index contributed by atoms with van der Waals surface area (Å²) in [4.78, 5) is 4.62. The molecule has 5 heteroatoms. The molecule has 3 rings (SSSR count). The Morgan fingerprint density at radius 2 is 1.71 bits per heavy atom. The van der Waals surface area contributed by atoms with Gasteiger partial charge in [-0.2, -0.15) is 0 Å². The van der Waals surface area contributed by atoms with Gasteiger partial charge in [0.1, 0.15) is 0 Å². The molecule has 1 saturated heterocycles. The van der Waals surface area contributed by atoms with E-state index in [9.17, 15) is 0 Å². The summed E-state index contributed by atoms with van der Waals surface area (Å²) < 4.78 is 12.1. The zero-order valence-electron chi connectivity index (χ0n) is 13.5. The zero-order valence-corrected chi connectivity index (χ0v) is 13.5. The molecule has 114 valence electrons. The maximum atomic E-state index is 6.25. The van der Waals surface area contributed by atoms with Crippen molar-refractivity contribution in [2.75, 3.05) is 5.73 Å². The monoisotopic (exact) mass is 288 g/mol. The van der Waals surface area contributed by atoms with Gasteiger partial charge in [0.05, 0.1) is 11.2 Å². The number of pyridine rings is 1. The Hall–Kier alpha value is -1.07. The number of anilines is 1. The van der Waals surface area contributed by atoms with Crippen LogP contribution in [0.2, 0.25) is 0 Å².